The number of hydrogen-bond donors (Lipinski definition) is 1. The van der Waals surface area contributed by atoms with Crippen LogP contribution in [0.5, 0.6) is 0 Å². The van der Waals surface area contributed by atoms with Gasteiger partial charge in [-0.3, -0.25) is 4.79 Å². The molecule has 0 rings (SSSR count). The molecular formula is C10H19F3N2O. The summed E-state index contributed by atoms with van der Waals surface area (Å²) in [6.07, 6.45) is -4.27. The van der Waals surface area contributed by atoms with E-state index in [2.05, 4.69) is 5.32 Å². The highest BCUT2D eigenvalue weighted by Gasteiger charge is 2.26. The predicted octanol–water partition coefficient (Wildman–Crippen LogP) is 1.64. The van der Waals surface area contributed by atoms with E-state index in [4.69, 9.17) is 0 Å². The molecule has 1 amide bonds. The number of rotatable bonds is 6. The second-order valence-corrected chi connectivity index (χ2v) is 4.04. The van der Waals surface area contributed by atoms with Gasteiger partial charge in [-0.2, -0.15) is 13.2 Å². The first-order valence-electron chi connectivity index (χ1n) is 5.31. The molecule has 16 heavy (non-hydrogen) atoms. The average Bonchev–Trinajstić information content (AvgIpc) is 2.11. The standard InChI is InChI=1S/C10H19F3N2O/c1-4-15(6-8(2)3)9(16)5-14-7-10(11,12)13/h8,14H,4-7H2,1-3H3. The van der Waals surface area contributed by atoms with Gasteiger partial charge in [-0.1, -0.05) is 13.8 Å². The third-order valence-corrected chi connectivity index (χ3v) is 1.92. The Kier molecular flexibility index (Phi) is 6.40. The lowest BCUT2D eigenvalue weighted by Crippen LogP contribution is -2.42. The third kappa shape index (κ3) is 7.50. The molecule has 3 nitrogen and oxygen atoms in total. The van der Waals surface area contributed by atoms with Crippen LogP contribution in [0.25, 0.3) is 0 Å². The summed E-state index contributed by atoms with van der Waals surface area (Å²) in [4.78, 5) is 13.0. The highest BCUT2D eigenvalue weighted by Crippen LogP contribution is 2.11. The van der Waals surface area contributed by atoms with Crippen molar-refractivity contribution in [2.75, 3.05) is 26.2 Å². The summed E-state index contributed by atoms with van der Waals surface area (Å²) < 4.78 is 35.4. The quantitative estimate of drug-likeness (QED) is 0.765. The van der Waals surface area contributed by atoms with E-state index < -0.39 is 12.7 Å². The molecule has 0 aliphatic rings. The summed E-state index contributed by atoms with van der Waals surface area (Å²) in [7, 11) is 0. The van der Waals surface area contributed by atoms with E-state index in [-0.39, 0.29) is 12.5 Å². The Balaban J connectivity index is 3.93. The Labute approximate surface area is 94.0 Å². The minimum atomic E-state index is -4.27. The van der Waals surface area contributed by atoms with E-state index >= 15 is 0 Å². The van der Waals surface area contributed by atoms with Crippen LogP contribution >= 0.6 is 0 Å². The molecule has 96 valence electrons. The van der Waals surface area contributed by atoms with E-state index in [0.29, 0.717) is 19.0 Å². The van der Waals surface area contributed by atoms with Crippen molar-refractivity contribution >= 4 is 5.91 Å². The number of amides is 1. The molecule has 0 saturated heterocycles. The number of alkyl halides is 3. The number of carbonyl (C=O) groups is 1. The summed E-state index contributed by atoms with van der Waals surface area (Å²) >= 11 is 0. The Hall–Kier alpha value is -0.780. The lowest BCUT2D eigenvalue weighted by molar-refractivity contribution is -0.134. The number of halogens is 3. The average molecular weight is 240 g/mol. The van der Waals surface area contributed by atoms with Crippen molar-refractivity contribution in [3.63, 3.8) is 0 Å². The second kappa shape index (κ2) is 6.73. The molecule has 0 atom stereocenters. The molecule has 0 aliphatic carbocycles. The highest BCUT2D eigenvalue weighted by molar-refractivity contribution is 5.78. The Morgan fingerprint density at radius 2 is 1.94 bits per heavy atom. The number of nitrogens with one attached hydrogen (secondary N) is 1. The summed E-state index contributed by atoms with van der Waals surface area (Å²) in [5.41, 5.74) is 0. The van der Waals surface area contributed by atoms with Gasteiger partial charge in [-0.25, -0.2) is 0 Å². The molecule has 0 aliphatic heterocycles. The molecule has 0 aromatic heterocycles. The SMILES string of the molecule is CCN(CC(C)C)C(=O)CNCC(F)(F)F. The summed E-state index contributed by atoms with van der Waals surface area (Å²) in [5.74, 6) is 0.0203. The van der Waals surface area contributed by atoms with Crippen molar-refractivity contribution in [2.24, 2.45) is 5.92 Å². The maximum Gasteiger partial charge on any atom is 0.401 e. The summed E-state index contributed by atoms with van der Waals surface area (Å²) in [6, 6.07) is 0. The molecule has 0 unspecified atom stereocenters. The van der Waals surface area contributed by atoms with Crippen LogP contribution in [0, 0.1) is 5.92 Å². The van der Waals surface area contributed by atoms with Gasteiger partial charge in [0.15, 0.2) is 0 Å². The molecule has 0 saturated carbocycles. The van der Waals surface area contributed by atoms with E-state index in [1.165, 1.54) is 0 Å². The van der Waals surface area contributed by atoms with Crippen LogP contribution in [0.15, 0.2) is 0 Å². The molecule has 0 radical (unpaired) electrons. The van der Waals surface area contributed by atoms with Crippen molar-refractivity contribution in [1.29, 1.82) is 0 Å². The van der Waals surface area contributed by atoms with Crippen molar-refractivity contribution in [2.45, 2.75) is 26.9 Å². The molecule has 1 N–H and O–H groups in total. The molecule has 0 fully saturated rings. The van der Waals surface area contributed by atoms with Crippen LogP contribution in [0.4, 0.5) is 13.2 Å². The summed E-state index contributed by atoms with van der Waals surface area (Å²) in [5, 5.41) is 2.10. The predicted molar refractivity (Wildman–Crippen MR) is 56.0 cm³/mol. The Morgan fingerprint density at radius 1 is 1.38 bits per heavy atom. The minimum absolute atomic E-state index is 0.264. The van der Waals surface area contributed by atoms with Gasteiger partial charge in [-0.05, 0) is 12.8 Å². The van der Waals surface area contributed by atoms with Gasteiger partial charge in [0.05, 0.1) is 13.1 Å². The highest BCUT2D eigenvalue weighted by atomic mass is 19.4. The fourth-order valence-corrected chi connectivity index (χ4v) is 1.27. The van der Waals surface area contributed by atoms with Crippen LogP contribution in [0.1, 0.15) is 20.8 Å². The Bertz CT molecular complexity index is 217. The maximum atomic E-state index is 11.8. The fourth-order valence-electron chi connectivity index (χ4n) is 1.27. The summed E-state index contributed by atoms with van der Waals surface area (Å²) in [6.45, 7) is 5.42. The van der Waals surface area contributed by atoms with Crippen molar-refractivity contribution in [1.82, 2.24) is 10.2 Å². The molecule has 6 heteroatoms. The molecule has 0 spiro atoms. The maximum absolute atomic E-state index is 11.8. The fraction of sp³-hybridized carbons (Fsp3) is 0.900. The minimum Gasteiger partial charge on any atom is -0.342 e. The van der Waals surface area contributed by atoms with Crippen LogP contribution < -0.4 is 5.32 Å². The van der Waals surface area contributed by atoms with E-state index in [9.17, 15) is 18.0 Å². The number of likely N-dealkylation sites (N-methyl/N-ethyl adjacent to an activating group) is 1. The first-order valence-corrected chi connectivity index (χ1v) is 5.31. The van der Waals surface area contributed by atoms with Gasteiger partial charge in [0.2, 0.25) is 5.91 Å². The van der Waals surface area contributed by atoms with Crippen LogP contribution in [0.3, 0.4) is 0 Å². The van der Waals surface area contributed by atoms with Gasteiger partial charge in [0.25, 0.3) is 0 Å². The topological polar surface area (TPSA) is 32.3 Å². The zero-order chi connectivity index (χ0) is 12.8. The normalized spacial score (nSPS) is 11.9. The first-order chi connectivity index (χ1) is 7.26. The van der Waals surface area contributed by atoms with Crippen molar-refractivity contribution < 1.29 is 18.0 Å². The van der Waals surface area contributed by atoms with Crippen LogP contribution in [-0.2, 0) is 4.79 Å². The van der Waals surface area contributed by atoms with E-state index in [1.54, 1.807) is 4.90 Å². The van der Waals surface area contributed by atoms with Gasteiger partial charge in [-0.15, -0.1) is 0 Å². The lowest BCUT2D eigenvalue weighted by Gasteiger charge is -2.23. The van der Waals surface area contributed by atoms with Crippen molar-refractivity contribution in [3.05, 3.63) is 0 Å². The van der Waals surface area contributed by atoms with Gasteiger partial charge < -0.3 is 10.2 Å². The van der Waals surface area contributed by atoms with Gasteiger partial charge in [0.1, 0.15) is 0 Å². The smallest absolute Gasteiger partial charge is 0.342 e. The van der Waals surface area contributed by atoms with Gasteiger partial charge in [0, 0.05) is 13.1 Å². The van der Waals surface area contributed by atoms with E-state index in [0.717, 1.165) is 0 Å². The van der Waals surface area contributed by atoms with Crippen molar-refractivity contribution in [3.8, 4) is 0 Å². The molecule has 0 aromatic carbocycles. The molecular weight excluding hydrogens is 221 g/mol. The number of nitrogens with zero attached hydrogens (tertiary/aromatic N) is 1. The third-order valence-electron chi connectivity index (χ3n) is 1.92. The zero-order valence-electron chi connectivity index (χ0n) is 9.90. The largest absolute Gasteiger partial charge is 0.401 e. The molecule has 0 bridgehead atoms. The van der Waals surface area contributed by atoms with Crippen LogP contribution in [-0.4, -0.2) is 43.2 Å². The second-order valence-electron chi connectivity index (χ2n) is 4.04. The first kappa shape index (κ1) is 15.2. The zero-order valence-corrected chi connectivity index (χ0v) is 9.90. The van der Waals surface area contributed by atoms with Crippen LogP contribution in [0.2, 0.25) is 0 Å². The monoisotopic (exact) mass is 240 g/mol. The Morgan fingerprint density at radius 3 is 2.31 bits per heavy atom. The molecule has 0 heterocycles. The number of hydrogen-bond acceptors (Lipinski definition) is 2. The van der Waals surface area contributed by atoms with E-state index in [1.807, 2.05) is 20.8 Å². The number of carbonyl (C=O) groups excluding carboxylic acids is 1. The molecule has 0 aromatic rings. The lowest BCUT2D eigenvalue weighted by atomic mass is 10.2. The van der Waals surface area contributed by atoms with Gasteiger partial charge >= 0.3 is 6.18 Å².